The summed E-state index contributed by atoms with van der Waals surface area (Å²) in [5.74, 6) is 0.787. The number of aromatic amines is 1. The zero-order valence-corrected chi connectivity index (χ0v) is 15.8. The van der Waals surface area contributed by atoms with Crippen LogP contribution in [0, 0.1) is 0 Å². The number of thiol groups is 1. The van der Waals surface area contributed by atoms with Gasteiger partial charge < -0.3 is 10.1 Å². The summed E-state index contributed by atoms with van der Waals surface area (Å²) >= 11 is 10.3. The fourth-order valence-electron chi connectivity index (χ4n) is 2.76. The highest BCUT2D eigenvalue weighted by Crippen LogP contribution is 2.27. The van der Waals surface area contributed by atoms with Gasteiger partial charge in [-0.3, -0.25) is 9.71 Å². The molecular formula is C19H21ClN4OS. The van der Waals surface area contributed by atoms with Crippen molar-refractivity contribution in [1.29, 1.82) is 0 Å². The Bertz CT molecular complexity index is 841. The zero-order valence-electron chi connectivity index (χ0n) is 14.2. The predicted octanol–water partition coefficient (Wildman–Crippen LogP) is 3.91. The summed E-state index contributed by atoms with van der Waals surface area (Å²) in [7, 11) is 0. The van der Waals surface area contributed by atoms with Crippen molar-refractivity contribution in [3.05, 3.63) is 59.5 Å². The van der Waals surface area contributed by atoms with Crippen LogP contribution in [0.15, 0.2) is 48.9 Å². The molecule has 5 nitrogen and oxygen atoms in total. The van der Waals surface area contributed by atoms with Gasteiger partial charge in [-0.25, -0.2) is 4.98 Å². The maximum atomic E-state index is 10.0. The minimum atomic E-state index is -0.378. The van der Waals surface area contributed by atoms with Gasteiger partial charge in [-0.2, -0.15) is 0 Å². The Labute approximate surface area is 163 Å². The topological polar surface area (TPSA) is 73.8 Å². The number of aryl methyl sites for hydroxylation is 1. The van der Waals surface area contributed by atoms with Crippen LogP contribution in [0.1, 0.15) is 18.4 Å². The molecule has 0 saturated heterocycles. The molecule has 2 aromatic heterocycles. The van der Waals surface area contributed by atoms with Crippen LogP contribution >= 0.6 is 24.4 Å². The maximum Gasteiger partial charge on any atom is 0.137 e. The Morgan fingerprint density at radius 1 is 1.15 bits per heavy atom. The van der Waals surface area contributed by atoms with Crippen molar-refractivity contribution in [2.24, 2.45) is 0 Å². The zero-order chi connectivity index (χ0) is 18.4. The van der Waals surface area contributed by atoms with Crippen molar-refractivity contribution >= 4 is 24.4 Å². The fourth-order valence-corrected chi connectivity index (χ4v) is 3.10. The highest BCUT2D eigenvalue weighted by atomic mass is 35.5. The highest BCUT2D eigenvalue weighted by Gasteiger charge is 2.10. The summed E-state index contributed by atoms with van der Waals surface area (Å²) in [6.07, 6.45) is 6.96. The lowest BCUT2D eigenvalue weighted by atomic mass is 10.0. The largest absolute Gasteiger partial charge is 0.393 e. The van der Waals surface area contributed by atoms with E-state index in [0.29, 0.717) is 30.8 Å². The van der Waals surface area contributed by atoms with E-state index in [1.807, 2.05) is 36.5 Å². The van der Waals surface area contributed by atoms with E-state index in [2.05, 4.69) is 32.5 Å². The second-order valence-electron chi connectivity index (χ2n) is 6.08. The minimum absolute atomic E-state index is 0.378. The number of imidazole rings is 1. The quantitative estimate of drug-likeness (QED) is 0.441. The molecular weight excluding hydrogens is 368 g/mol. The minimum Gasteiger partial charge on any atom is -0.393 e. The van der Waals surface area contributed by atoms with Crippen molar-refractivity contribution in [2.75, 3.05) is 6.54 Å². The van der Waals surface area contributed by atoms with E-state index in [1.54, 1.807) is 12.4 Å². The van der Waals surface area contributed by atoms with Gasteiger partial charge >= 0.3 is 0 Å². The van der Waals surface area contributed by atoms with Crippen LogP contribution in [0.4, 0.5) is 0 Å². The number of halogens is 1. The molecule has 0 aliphatic carbocycles. The third-order valence-corrected chi connectivity index (χ3v) is 4.81. The third-order valence-electron chi connectivity index (χ3n) is 4.22. The first-order chi connectivity index (χ1) is 12.7. The van der Waals surface area contributed by atoms with E-state index in [-0.39, 0.29) is 6.10 Å². The molecule has 0 fully saturated rings. The summed E-state index contributed by atoms with van der Waals surface area (Å²) in [6, 6.07) is 9.73. The number of hydrogen-bond acceptors (Lipinski definition) is 5. The molecule has 0 bridgehead atoms. The molecule has 0 amide bonds. The van der Waals surface area contributed by atoms with Gasteiger partial charge in [0.1, 0.15) is 5.82 Å². The predicted molar refractivity (Wildman–Crippen MR) is 108 cm³/mol. The average Bonchev–Trinajstić information content (AvgIpc) is 3.16. The second-order valence-corrected chi connectivity index (χ2v) is 6.80. The van der Waals surface area contributed by atoms with Gasteiger partial charge in [-0.1, -0.05) is 24.4 Å². The first-order valence-corrected chi connectivity index (χ1v) is 9.29. The molecule has 3 aromatic rings. The van der Waals surface area contributed by atoms with Gasteiger partial charge in [0.05, 0.1) is 18.0 Å². The molecule has 0 spiro atoms. The molecule has 0 saturated carbocycles. The number of pyridine rings is 1. The number of benzene rings is 1. The van der Waals surface area contributed by atoms with Crippen LogP contribution < -0.4 is 4.72 Å². The standard InChI is InChI=1S/C19H21ClN4OS/c20-17-4-2-15(11-14(17)1-3-16(25)7-10-23-26)19-22-12-18(24-19)13-5-8-21-9-6-13/h2,4-6,8-9,11-12,16,23,25-26H,1,3,7,10H2,(H,22,24). The molecule has 0 radical (unpaired) electrons. The summed E-state index contributed by atoms with van der Waals surface area (Å²) in [5.41, 5.74) is 3.95. The molecule has 136 valence electrons. The van der Waals surface area contributed by atoms with Crippen LogP contribution in [-0.2, 0) is 6.42 Å². The second kappa shape index (κ2) is 9.19. The molecule has 2 heterocycles. The van der Waals surface area contributed by atoms with Gasteiger partial charge in [-0.15, -0.1) is 0 Å². The number of rotatable bonds is 8. The van der Waals surface area contributed by atoms with Crippen LogP contribution in [0.3, 0.4) is 0 Å². The SMILES string of the molecule is OC(CCNS)CCc1cc(-c2ncc(-c3ccncc3)[nH]2)ccc1Cl. The summed E-state index contributed by atoms with van der Waals surface area (Å²) < 4.78 is 2.75. The Morgan fingerprint density at radius 3 is 2.73 bits per heavy atom. The molecule has 1 unspecified atom stereocenters. The van der Waals surface area contributed by atoms with Crippen molar-refractivity contribution in [3.8, 4) is 22.6 Å². The fraction of sp³-hybridized carbons (Fsp3) is 0.263. The number of nitrogens with one attached hydrogen (secondary N) is 2. The Kier molecular flexibility index (Phi) is 6.68. The molecule has 0 aliphatic heterocycles. The molecule has 1 aromatic carbocycles. The number of H-pyrrole nitrogens is 1. The Hall–Kier alpha value is -1.86. The Balaban J connectivity index is 1.74. The van der Waals surface area contributed by atoms with E-state index >= 15 is 0 Å². The lowest BCUT2D eigenvalue weighted by Gasteiger charge is -2.11. The van der Waals surface area contributed by atoms with Crippen LogP contribution in [0.5, 0.6) is 0 Å². The van der Waals surface area contributed by atoms with E-state index in [1.165, 1.54) is 0 Å². The molecule has 0 aliphatic rings. The van der Waals surface area contributed by atoms with Gasteiger partial charge in [-0.05, 0) is 55.2 Å². The summed E-state index contributed by atoms with van der Waals surface area (Å²) in [4.78, 5) is 11.9. The van der Waals surface area contributed by atoms with E-state index in [4.69, 9.17) is 11.6 Å². The average molecular weight is 389 g/mol. The molecule has 1 atom stereocenters. The van der Waals surface area contributed by atoms with Gasteiger partial charge in [0.25, 0.3) is 0 Å². The molecule has 26 heavy (non-hydrogen) atoms. The molecule has 3 N–H and O–H groups in total. The molecule has 7 heteroatoms. The van der Waals surface area contributed by atoms with Crippen LogP contribution in [-0.4, -0.2) is 32.7 Å². The van der Waals surface area contributed by atoms with E-state index in [0.717, 1.165) is 28.2 Å². The van der Waals surface area contributed by atoms with Gasteiger partial charge in [0.2, 0.25) is 0 Å². The van der Waals surface area contributed by atoms with Crippen LogP contribution in [0.25, 0.3) is 22.6 Å². The van der Waals surface area contributed by atoms with Gasteiger partial charge in [0.15, 0.2) is 0 Å². The first kappa shape index (κ1) is 18.9. The van der Waals surface area contributed by atoms with E-state index < -0.39 is 0 Å². The van der Waals surface area contributed by atoms with Crippen LogP contribution in [0.2, 0.25) is 5.02 Å². The Morgan fingerprint density at radius 2 is 1.96 bits per heavy atom. The van der Waals surface area contributed by atoms with Crippen molar-refractivity contribution in [2.45, 2.75) is 25.4 Å². The number of hydrogen-bond donors (Lipinski definition) is 4. The molecule has 3 rings (SSSR count). The lowest BCUT2D eigenvalue weighted by molar-refractivity contribution is 0.156. The monoisotopic (exact) mass is 388 g/mol. The smallest absolute Gasteiger partial charge is 0.137 e. The van der Waals surface area contributed by atoms with Gasteiger partial charge in [0, 0.05) is 35.1 Å². The van der Waals surface area contributed by atoms with Crippen molar-refractivity contribution in [1.82, 2.24) is 19.7 Å². The number of aromatic nitrogens is 3. The normalized spacial score (nSPS) is 12.3. The first-order valence-electron chi connectivity index (χ1n) is 8.46. The number of nitrogens with zero attached hydrogens (tertiary/aromatic N) is 2. The third kappa shape index (κ3) is 4.86. The van der Waals surface area contributed by atoms with Crippen molar-refractivity contribution < 1.29 is 5.11 Å². The number of aliphatic hydroxyl groups excluding tert-OH is 1. The van der Waals surface area contributed by atoms with Crippen molar-refractivity contribution in [3.63, 3.8) is 0 Å². The lowest BCUT2D eigenvalue weighted by Crippen LogP contribution is -2.14. The summed E-state index contributed by atoms with van der Waals surface area (Å²) in [6.45, 7) is 0.669. The maximum absolute atomic E-state index is 10.0. The highest BCUT2D eigenvalue weighted by molar-refractivity contribution is 7.78. The van der Waals surface area contributed by atoms with E-state index in [9.17, 15) is 5.11 Å². The summed E-state index contributed by atoms with van der Waals surface area (Å²) in [5, 5.41) is 10.7. The number of aliphatic hydroxyl groups is 1.